The summed E-state index contributed by atoms with van der Waals surface area (Å²) in [7, 11) is 0. The Balaban J connectivity index is 2.07. The Labute approximate surface area is 88.9 Å². The van der Waals surface area contributed by atoms with E-state index in [1.54, 1.807) is 12.1 Å². The third-order valence-electron chi connectivity index (χ3n) is 1.90. The summed E-state index contributed by atoms with van der Waals surface area (Å²) >= 11 is 0. The van der Waals surface area contributed by atoms with Gasteiger partial charge in [0.1, 0.15) is 5.82 Å². The number of hydrogen-bond acceptors (Lipinski definition) is 3. The molecule has 0 radical (unpaired) electrons. The summed E-state index contributed by atoms with van der Waals surface area (Å²) in [6.45, 7) is 2.41. The summed E-state index contributed by atoms with van der Waals surface area (Å²) in [6, 6.07) is 6.38. The topological polar surface area (TPSA) is 41.5 Å². The van der Waals surface area contributed by atoms with Crippen molar-refractivity contribution in [3.05, 3.63) is 35.6 Å². The maximum atomic E-state index is 12.6. The predicted octanol–water partition coefficient (Wildman–Crippen LogP) is 0.924. The Hall–Kier alpha value is -0.970. The van der Waals surface area contributed by atoms with Crippen LogP contribution in [0.2, 0.25) is 0 Å². The summed E-state index contributed by atoms with van der Waals surface area (Å²) < 4.78 is 17.6. The number of benzene rings is 1. The highest BCUT2D eigenvalue weighted by Gasteiger charge is 1.93. The number of nitrogens with one attached hydrogen (secondary N) is 1. The smallest absolute Gasteiger partial charge is 0.123 e. The summed E-state index contributed by atoms with van der Waals surface area (Å²) in [5, 5.41) is 11.6. The van der Waals surface area contributed by atoms with E-state index in [1.807, 2.05) is 0 Å². The molecule has 0 aliphatic rings. The molecule has 3 nitrogen and oxygen atoms in total. The fourth-order valence-electron chi connectivity index (χ4n) is 1.15. The monoisotopic (exact) mass is 213 g/mol. The van der Waals surface area contributed by atoms with Crippen molar-refractivity contribution < 1.29 is 14.2 Å². The van der Waals surface area contributed by atoms with Gasteiger partial charge in [0, 0.05) is 13.1 Å². The Morgan fingerprint density at radius 3 is 2.60 bits per heavy atom. The van der Waals surface area contributed by atoms with Crippen LogP contribution >= 0.6 is 0 Å². The Kier molecular flexibility index (Phi) is 5.92. The van der Waals surface area contributed by atoms with Crippen molar-refractivity contribution in [3.8, 4) is 0 Å². The molecule has 2 N–H and O–H groups in total. The van der Waals surface area contributed by atoms with Gasteiger partial charge in [0.25, 0.3) is 0 Å². The van der Waals surface area contributed by atoms with Crippen LogP contribution in [0.4, 0.5) is 4.39 Å². The molecule has 0 amide bonds. The van der Waals surface area contributed by atoms with Gasteiger partial charge in [-0.3, -0.25) is 0 Å². The van der Waals surface area contributed by atoms with Crippen molar-refractivity contribution in [1.82, 2.24) is 5.32 Å². The van der Waals surface area contributed by atoms with E-state index in [0.717, 1.165) is 12.1 Å². The average Bonchev–Trinajstić information content (AvgIpc) is 2.26. The van der Waals surface area contributed by atoms with Gasteiger partial charge in [-0.25, -0.2) is 4.39 Å². The zero-order chi connectivity index (χ0) is 10.9. The average molecular weight is 213 g/mol. The molecule has 0 aromatic heterocycles. The van der Waals surface area contributed by atoms with Crippen LogP contribution in [-0.4, -0.2) is 31.5 Å². The maximum absolute atomic E-state index is 12.6. The number of aliphatic hydroxyl groups is 1. The van der Waals surface area contributed by atoms with E-state index >= 15 is 0 Å². The quantitative estimate of drug-likeness (QED) is 0.662. The minimum Gasteiger partial charge on any atom is -0.394 e. The molecular weight excluding hydrogens is 197 g/mol. The first-order valence-electron chi connectivity index (χ1n) is 4.96. The summed E-state index contributed by atoms with van der Waals surface area (Å²) in [5.74, 6) is -0.218. The molecule has 0 fully saturated rings. The van der Waals surface area contributed by atoms with Crippen molar-refractivity contribution in [3.63, 3.8) is 0 Å². The fourth-order valence-corrected chi connectivity index (χ4v) is 1.15. The van der Waals surface area contributed by atoms with Crippen LogP contribution in [-0.2, 0) is 11.3 Å². The second kappa shape index (κ2) is 7.34. The van der Waals surface area contributed by atoms with Crippen LogP contribution in [0.25, 0.3) is 0 Å². The standard InChI is InChI=1S/C11H16FNO2/c12-11-3-1-10(2-4-11)9-13-5-7-15-8-6-14/h1-4,13-14H,5-9H2. The highest BCUT2D eigenvalue weighted by atomic mass is 19.1. The second-order valence-electron chi connectivity index (χ2n) is 3.14. The Morgan fingerprint density at radius 1 is 1.20 bits per heavy atom. The molecule has 0 aliphatic heterocycles. The van der Waals surface area contributed by atoms with Gasteiger partial charge in [-0.05, 0) is 17.7 Å². The maximum Gasteiger partial charge on any atom is 0.123 e. The predicted molar refractivity (Wildman–Crippen MR) is 56.0 cm³/mol. The highest BCUT2D eigenvalue weighted by molar-refractivity contribution is 5.15. The molecule has 84 valence electrons. The molecule has 0 atom stereocenters. The lowest BCUT2D eigenvalue weighted by Crippen LogP contribution is -2.19. The molecule has 0 bridgehead atoms. The fraction of sp³-hybridized carbons (Fsp3) is 0.455. The number of ether oxygens (including phenoxy) is 1. The first kappa shape index (κ1) is 12.1. The van der Waals surface area contributed by atoms with Gasteiger partial charge in [-0.2, -0.15) is 0 Å². The lowest BCUT2D eigenvalue weighted by molar-refractivity contribution is 0.0938. The third-order valence-corrected chi connectivity index (χ3v) is 1.90. The normalized spacial score (nSPS) is 10.5. The van der Waals surface area contributed by atoms with Gasteiger partial charge in [0.15, 0.2) is 0 Å². The molecular formula is C11H16FNO2. The van der Waals surface area contributed by atoms with Crippen molar-refractivity contribution in [2.75, 3.05) is 26.4 Å². The Bertz CT molecular complexity index is 264. The van der Waals surface area contributed by atoms with E-state index in [0.29, 0.717) is 19.8 Å². The van der Waals surface area contributed by atoms with Crippen LogP contribution in [0.1, 0.15) is 5.56 Å². The van der Waals surface area contributed by atoms with E-state index in [-0.39, 0.29) is 12.4 Å². The van der Waals surface area contributed by atoms with Gasteiger partial charge >= 0.3 is 0 Å². The molecule has 0 saturated carbocycles. The van der Waals surface area contributed by atoms with Crippen molar-refractivity contribution in [2.45, 2.75) is 6.54 Å². The van der Waals surface area contributed by atoms with Gasteiger partial charge in [-0.15, -0.1) is 0 Å². The third kappa shape index (κ3) is 5.47. The number of rotatable bonds is 7. The van der Waals surface area contributed by atoms with Gasteiger partial charge in [0.05, 0.1) is 19.8 Å². The van der Waals surface area contributed by atoms with E-state index in [2.05, 4.69) is 5.32 Å². The van der Waals surface area contributed by atoms with E-state index in [9.17, 15) is 4.39 Å². The largest absolute Gasteiger partial charge is 0.394 e. The van der Waals surface area contributed by atoms with Crippen molar-refractivity contribution >= 4 is 0 Å². The van der Waals surface area contributed by atoms with Crippen LogP contribution in [0, 0.1) is 5.82 Å². The molecule has 15 heavy (non-hydrogen) atoms. The van der Waals surface area contributed by atoms with Crippen LogP contribution < -0.4 is 5.32 Å². The summed E-state index contributed by atoms with van der Waals surface area (Å²) in [5.41, 5.74) is 1.04. The first-order valence-corrected chi connectivity index (χ1v) is 4.96. The van der Waals surface area contributed by atoms with E-state index in [4.69, 9.17) is 9.84 Å². The summed E-state index contributed by atoms with van der Waals surface area (Å²) in [6.07, 6.45) is 0. The van der Waals surface area contributed by atoms with Crippen molar-refractivity contribution in [1.29, 1.82) is 0 Å². The number of aliphatic hydroxyl groups excluding tert-OH is 1. The number of halogens is 1. The molecule has 0 saturated heterocycles. The minimum atomic E-state index is -0.218. The summed E-state index contributed by atoms with van der Waals surface area (Å²) in [4.78, 5) is 0. The zero-order valence-corrected chi connectivity index (χ0v) is 8.58. The lowest BCUT2D eigenvalue weighted by Gasteiger charge is -2.05. The van der Waals surface area contributed by atoms with Crippen LogP contribution in [0.15, 0.2) is 24.3 Å². The molecule has 4 heteroatoms. The molecule has 0 heterocycles. The molecule has 1 aromatic carbocycles. The lowest BCUT2D eigenvalue weighted by atomic mass is 10.2. The highest BCUT2D eigenvalue weighted by Crippen LogP contribution is 2.01. The molecule has 0 spiro atoms. The molecule has 0 unspecified atom stereocenters. The van der Waals surface area contributed by atoms with Crippen LogP contribution in [0.3, 0.4) is 0 Å². The SMILES string of the molecule is OCCOCCNCc1ccc(F)cc1. The van der Waals surface area contributed by atoms with Crippen LogP contribution in [0.5, 0.6) is 0 Å². The van der Waals surface area contributed by atoms with Gasteiger partial charge in [-0.1, -0.05) is 12.1 Å². The zero-order valence-electron chi connectivity index (χ0n) is 8.58. The molecule has 1 aromatic rings. The van der Waals surface area contributed by atoms with E-state index < -0.39 is 0 Å². The minimum absolute atomic E-state index is 0.0535. The van der Waals surface area contributed by atoms with Gasteiger partial charge in [0.2, 0.25) is 0 Å². The first-order chi connectivity index (χ1) is 7.33. The van der Waals surface area contributed by atoms with Gasteiger partial charge < -0.3 is 15.2 Å². The molecule has 1 rings (SSSR count). The van der Waals surface area contributed by atoms with Crippen molar-refractivity contribution in [2.24, 2.45) is 0 Å². The second-order valence-corrected chi connectivity index (χ2v) is 3.14. The Morgan fingerprint density at radius 2 is 1.93 bits per heavy atom. The molecule has 0 aliphatic carbocycles. The van der Waals surface area contributed by atoms with E-state index in [1.165, 1.54) is 12.1 Å². The number of hydrogen-bond donors (Lipinski definition) is 2.